The number of aliphatic hydroxyl groups is 1. The first-order valence-electron chi connectivity index (χ1n) is 13.1. The monoisotopic (exact) mass is 591 g/mol. The van der Waals surface area contributed by atoms with Crippen molar-refractivity contribution in [3.63, 3.8) is 0 Å². The molecule has 0 saturated heterocycles. The number of aliphatic hydroxyl groups excluding tert-OH is 1. The Labute approximate surface area is 243 Å². The topological polar surface area (TPSA) is 156 Å². The zero-order valence-corrected chi connectivity index (χ0v) is 23.1. The molecule has 0 fully saturated rings. The largest absolute Gasteiger partial charge is 0.453 e. The van der Waals surface area contributed by atoms with E-state index in [-0.39, 0.29) is 41.7 Å². The zero-order valence-electron chi connectivity index (χ0n) is 23.1. The first-order chi connectivity index (χ1) is 20.7. The van der Waals surface area contributed by atoms with Gasteiger partial charge in [0.15, 0.2) is 23.0 Å². The third-order valence-corrected chi connectivity index (χ3v) is 6.54. The molecule has 4 N–H and O–H groups in total. The van der Waals surface area contributed by atoms with E-state index in [2.05, 4.69) is 30.9 Å². The number of aromatic nitrogens is 5. The van der Waals surface area contributed by atoms with Gasteiger partial charge >= 0.3 is 0 Å². The van der Waals surface area contributed by atoms with Crippen molar-refractivity contribution >= 4 is 28.4 Å². The Morgan fingerprint density at radius 2 is 1.88 bits per heavy atom. The molecule has 0 aliphatic carbocycles. The molecule has 14 heteroatoms. The molecule has 0 radical (unpaired) electrons. The Morgan fingerprint density at radius 1 is 1.09 bits per heavy atom. The Bertz CT molecular complexity index is 1820. The molecule has 3 heterocycles. The van der Waals surface area contributed by atoms with Crippen LogP contribution in [0.15, 0.2) is 71.8 Å². The maximum atomic E-state index is 15.2. The van der Waals surface area contributed by atoms with Crippen LogP contribution in [-0.2, 0) is 4.74 Å². The van der Waals surface area contributed by atoms with Crippen LogP contribution in [0.1, 0.15) is 23.7 Å². The maximum Gasteiger partial charge on any atom is 0.284 e. The first kappa shape index (κ1) is 29.3. The van der Waals surface area contributed by atoms with Crippen molar-refractivity contribution in [3.8, 4) is 17.2 Å². The van der Waals surface area contributed by atoms with Crippen molar-refractivity contribution in [2.24, 2.45) is 0 Å². The zero-order chi connectivity index (χ0) is 30.6. The lowest BCUT2D eigenvalue weighted by atomic mass is 9.99. The molecule has 5 aromatic rings. The molecule has 1 unspecified atom stereocenters. The highest BCUT2D eigenvalue weighted by atomic mass is 19.1. The highest BCUT2D eigenvalue weighted by Gasteiger charge is 2.27. The summed E-state index contributed by atoms with van der Waals surface area (Å²) in [5.74, 6) is -1.58. The highest BCUT2D eigenvalue weighted by molar-refractivity contribution is 6.04. The number of hydrogen-bond acceptors (Lipinski definition) is 9. The van der Waals surface area contributed by atoms with Gasteiger partial charge in [-0.15, -0.1) is 0 Å². The molecule has 3 aromatic heterocycles. The van der Waals surface area contributed by atoms with Crippen LogP contribution < -0.4 is 20.9 Å². The van der Waals surface area contributed by atoms with E-state index in [1.807, 2.05) is 6.92 Å². The number of anilines is 2. The van der Waals surface area contributed by atoms with E-state index in [4.69, 9.17) is 9.47 Å². The number of carbonyl (C=O) groups excluding carboxylic acids is 1. The Hall–Kier alpha value is -5.21. The summed E-state index contributed by atoms with van der Waals surface area (Å²) in [5, 5.41) is 26.8. The number of halogens is 2. The van der Waals surface area contributed by atoms with Crippen LogP contribution in [0, 0.1) is 11.6 Å². The van der Waals surface area contributed by atoms with Crippen LogP contribution in [0.3, 0.4) is 0 Å². The molecule has 2 aromatic carbocycles. The van der Waals surface area contributed by atoms with Gasteiger partial charge in [0.1, 0.15) is 22.5 Å². The van der Waals surface area contributed by atoms with Gasteiger partial charge in [-0.3, -0.25) is 14.7 Å². The van der Waals surface area contributed by atoms with Gasteiger partial charge in [-0.05, 0) is 55.8 Å². The lowest BCUT2D eigenvalue weighted by Gasteiger charge is -2.29. The lowest BCUT2D eigenvalue weighted by molar-refractivity contribution is 0.102. The van der Waals surface area contributed by atoms with E-state index in [0.717, 1.165) is 10.7 Å². The molecular weight excluding hydrogens is 564 g/mol. The molecule has 0 aliphatic heterocycles. The van der Waals surface area contributed by atoms with Crippen LogP contribution in [-0.4, -0.2) is 61.8 Å². The quantitative estimate of drug-likeness (QED) is 0.178. The van der Waals surface area contributed by atoms with Gasteiger partial charge in [0.2, 0.25) is 0 Å². The minimum absolute atomic E-state index is 0.0734. The number of amides is 1. The van der Waals surface area contributed by atoms with Crippen LogP contribution in [0.5, 0.6) is 11.5 Å². The van der Waals surface area contributed by atoms with Crippen LogP contribution in [0.25, 0.3) is 16.7 Å². The normalized spacial score (nSPS) is 12.6. The second-order valence-electron chi connectivity index (χ2n) is 9.84. The van der Waals surface area contributed by atoms with Gasteiger partial charge in [0.05, 0.1) is 17.8 Å². The van der Waals surface area contributed by atoms with Crippen LogP contribution >= 0.6 is 0 Å². The molecule has 1 atom stereocenters. The Balaban J connectivity index is 1.36. The molecule has 12 nitrogen and oxygen atoms in total. The summed E-state index contributed by atoms with van der Waals surface area (Å²) in [5.41, 5.74) is -0.923. The fourth-order valence-electron chi connectivity index (χ4n) is 4.45. The van der Waals surface area contributed by atoms with Gasteiger partial charge in [-0.2, -0.15) is 14.9 Å². The molecular formula is C29H27F2N7O5. The van der Waals surface area contributed by atoms with E-state index in [1.165, 1.54) is 54.9 Å². The fourth-order valence-corrected chi connectivity index (χ4v) is 4.45. The number of fused-ring (bicyclic) bond motifs is 1. The number of carbonyl (C=O) groups is 1. The van der Waals surface area contributed by atoms with E-state index >= 15 is 4.39 Å². The maximum absolute atomic E-state index is 15.2. The van der Waals surface area contributed by atoms with E-state index in [9.17, 15) is 19.1 Å². The second-order valence-corrected chi connectivity index (χ2v) is 9.84. The van der Waals surface area contributed by atoms with E-state index in [1.54, 1.807) is 13.2 Å². The average Bonchev–Trinajstić information content (AvgIpc) is 3.38. The van der Waals surface area contributed by atoms with Crippen molar-refractivity contribution in [1.29, 1.82) is 0 Å². The summed E-state index contributed by atoms with van der Waals surface area (Å²) in [6.45, 7) is 2.05. The summed E-state index contributed by atoms with van der Waals surface area (Å²) in [6, 6.07) is 11.6. The lowest BCUT2D eigenvalue weighted by Crippen LogP contribution is -2.40. The number of methoxy groups -OCH3 is 1. The molecule has 0 aliphatic rings. The van der Waals surface area contributed by atoms with E-state index in [0.29, 0.717) is 23.3 Å². The van der Waals surface area contributed by atoms with Crippen molar-refractivity contribution < 1.29 is 28.2 Å². The average molecular weight is 592 g/mol. The molecule has 5 rings (SSSR count). The summed E-state index contributed by atoms with van der Waals surface area (Å²) < 4.78 is 40.6. The van der Waals surface area contributed by atoms with Crippen molar-refractivity contribution in [1.82, 2.24) is 25.0 Å². The Kier molecular flexibility index (Phi) is 8.41. The molecule has 43 heavy (non-hydrogen) atoms. The number of ether oxygens (including phenoxy) is 2. The minimum atomic E-state index is -0.789. The number of rotatable bonds is 11. The number of aromatic amines is 1. The number of nitrogens with zero attached hydrogens (tertiary/aromatic N) is 4. The minimum Gasteiger partial charge on any atom is -0.453 e. The van der Waals surface area contributed by atoms with Crippen LogP contribution in [0.4, 0.5) is 20.3 Å². The van der Waals surface area contributed by atoms with Gasteiger partial charge in [0, 0.05) is 43.9 Å². The van der Waals surface area contributed by atoms with Crippen molar-refractivity contribution in [3.05, 3.63) is 94.5 Å². The molecule has 1 amide bonds. The smallest absolute Gasteiger partial charge is 0.284 e. The summed E-state index contributed by atoms with van der Waals surface area (Å²) >= 11 is 0. The first-order valence-corrected chi connectivity index (χ1v) is 13.1. The molecule has 0 spiro atoms. The predicted octanol–water partition coefficient (Wildman–Crippen LogP) is 4.03. The summed E-state index contributed by atoms with van der Waals surface area (Å²) in [4.78, 5) is 30.1. The SMILES string of the molecule is COCC(C)(CCO)Nc1n[nH]c2nccc(Oc3ccc(NC(=O)c4ccnn(-c5ccc(F)cc5)c4=O)cc3F)c12. The highest BCUT2D eigenvalue weighted by Crippen LogP contribution is 2.35. The predicted molar refractivity (Wildman–Crippen MR) is 154 cm³/mol. The standard InChI is InChI=1S/C29H27F2N7O5/c1-29(11-14-39,16-42-2)35-26-24-23(10-12-32-25(24)36-37-26)43-22-8-5-18(15-21(22)31)34-27(40)20-9-13-33-38(28(20)41)19-6-3-17(30)4-7-19/h3-10,12-13,15,39H,11,14,16H2,1-2H3,(H,34,40)(H2,32,35,36,37). The third-order valence-electron chi connectivity index (χ3n) is 6.54. The number of pyridine rings is 1. The second kappa shape index (κ2) is 12.3. The number of benzene rings is 2. The van der Waals surface area contributed by atoms with Gasteiger partial charge < -0.3 is 25.2 Å². The summed E-state index contributed by atoms with van der Waals surface area (Å²) in [6.07, 6.45) is 3.10. The molecule has 222 valence electrons. The summed E-state index contributed by atoms with van der Waals surface area (Å²) in [7, 11) is 1.55. The number of nitrogens with one attached hydrogen (secondary N) is 3. The van der Waals surface area contributed by atoms with Gasteiger partial charge in [0.25, 0.3) is 11.5 Å². The van der Waals surface area contributed by atoms with Crippen molar-refractivity contribution in [2.45, 2.75) is 18.9 Å². The third kappa shape index (κ3) is 6.34. The van der Waals surface area contributed by atoms with E-state index < -0.39 is 28.6 Å². The molecule has 0 saturated carbocycles. The number of H-pyrrole nitrogens is 1. The molecule has 0 bridgehead atoms. The fraction of sp³-hybridized carbons (Fsp3) is 0.207. The van der Waals surface area contributed by atoms with Crippen molar-refractivity contribution in [2.75, 3.05) is 31.0 Å². The Morgan fingerprint density at radius 3 is 2.60 bits per heavy atom. The number of hydrogen-bond donors (Lipinski definition) is 4. The van der Waals surface area contributed by atoms with Gasteiger partial charge in [-0.1, -0.05) is 0 Å². The van der Waals surface area contributed by atoms with Gasteiger partial charge in [-0.25, -0.2) is 13.8 Å². The van der Waals surface area contributed by atoms with Crippen LogP contribution in [0.2, 0.25) is 0 Å².